The van der Waals surface area contributed by atoms with Crippen molar-refractivity contribution in [2.45, 2.75) is 6.92 Å². The first-order chi connectivity index (χ1) is 14.0. The van der Waals surface area contributed by atoms with Crippen molar-refractivity contribution in [1.29, 1.82) is 0 Å². The second-order valence-electron chi connectivity index (χ2n) is 6.24. The SMILES string of the molecule is CCOc1cc(/C=N\n2c(=O)[nH]c3c([nH]c4ccc(OC)cc43)c2=O)ccc1O. The van der Waals surface area contributed by atoms with Crippen LogP contribution in [0.15, 0.2) is 51.1 Å². The third-order valence-electron chi connectivity index (χ3n) is 4.44. The van der Waals surface area contributed by atoms with Gasteiger partial charge in [-0.15, -0.1) is 4.68 Å². The number of benzene rings is 2. The molecule has 0 radical (unpaired) electrons. The summed E-state index contributed by atoms with van der Waals surface area (Å²) in [6, 6.07) is 9.87. The topological polar surface area (TPSA) is 122 Å². The van der Waals surface area contributed by atoms with E-state index < -0.39 is 11.2 Å². The molecule has 2 aromatic carbocycles. The predicted molar refractivity (Wildman–Crippen MR) is 110 cm³/mol. The van der Waals surface area contributed by atoms with E-state index in [4.69, 9.17) is 9.47 Å². The van der Waals surface area contributed by atoms with Crippen molar-refractivity contribution < 1.29 is 14.6 Å². The van der Waals surface area contributed by atoms with E-state index in [1.807, 2.05) is 0 Å². The zero-order valence-electron chi connectivity index (χ0n) is 15.7. The number of nitrogens with one attached hydrogen (secondary N) is 2. The quantitative estimate of drug-likeness (QED) is 0.448. The maximum Gasteiger partial charge on any atom is 0.350 e. The Morgan fingerprint density at radius 2 is 1.97 bits per heavy atom. The number of phenols is 1. The summed E-state index contributed by atoms with van der Waals surface area (Å²) >= 11 is 0. The lowest BCUT2D eigenvalue weighted by molar-refractivity contribution is 0.318. The molecule has 2 aromatic heterocycles. The Bertz CT molecular complexity index is 1360. The monoisotopic (exact) mass is 394 g/mol. The summed E-state index contributed by atoms with van der Waals surface area (Å²) in [6.45, 7) is 2.18. The summed E-state index contributed by atoms with van der Waals surface area (Å²) in [7, 11) is 1.54. The van der Waals surface area contributed by atoms with Crippen molar-refractivity contribution in [3.63, 3.8) is 0 Å². The van der Waals surface area contributed by atoms with Crippen LogP contribution in [0.25, 0.3) is 21.9 Å². The first kappa shape index (κ1) is 18.4. The fraction of sp³-hybridized carbons (Fsp3) is 0.150. The maximum atomic E-state index is 12.8. The molecule has 0 atom stereocenters. The Hall–Kier alpha value is -4.01. The molecule has 0 aliphatic rings. The molecule has 0 amide bonds. The first-order valence-electron chi connectivity index (χ1n) is 8.86. The molecular formula is C20H18N4O5. The van der Waals surface area contributed by atoms with Gasteiger partial charge in [-0.25, -0.2) is 4.79 Å². The van der Waals surface area contributed by atoms with Gasteiger partial charge in [-0.1, -0.05) is 0 Å². The number of fused-ring (bicyclic) bond motifs is 3. The van der Waals surface area contributed by atoms with Crippen LogP contribution in [-0.2, 0) is 0 Å². The molecular weight excluding hydrogens is 376 g/mol. The lowest BCUT2D eigenvalue weighted by Gasteiger charge is -2.06. The van der Waals surface area contributed by atoms with E-state index in [-0.39, 0.29) is 17.0 Å². The van der Waals surface area contributed by atoms with Gasteiger partial charge in [0.05, 0.1) is 25.4 Å². The van der Waals surface area contributed by atoms with Crippen molar-refractivity contribution in [2.24, 2.45) is 5.10 Å². The van der Waals surface area contributed by atoms with Crippen LogP contribution in [0.1, 0.15) is 12.5 Å². The van der Waals surface area contributed by atoms with E-state index in [0.29, 0.717) is 34.3 Å². The number of hydrogen-bond acceptors (Lipinski definition) is 6. The van der Waals surface area contributed by atoms with Gasteiger partial charge in [0, 0.05) is 10.9 Å². The molecule has 2 heterocycles. The van der Waals surface area contributed by atoms with Gasteiger partial charge in [0.1, 0.15) is 11.3 Å². The van der Waals surface area contributed by atoms with Crippen LogP contribution in [0.4, 0.5) is 0 Å². The molecule has 0 aliphatic carbocycles. The highest BCUT2D eigenvalue weighted by atomic mass is 16.5. The molecule has 0 spiro atoms. The molecule has 9 nitrogen and oxygen atoms in total. The van der Waals surface area contributed by atoms with Crippen molar-refractivity contribution in [1.82, 2.24) is 14.6 Å². The second-order valence-corrected chi connectivity index (χ2v) is 6.24. The van der Waals surface area contributed by atoms with Gasteiger partial charge in [-0.3, -0.25) is 4.79 Å². The van der Waals surface area contributed by atoms with Crippen LogP contribution in [0, 0.1) is 0 Å². The van der Waals surface area contributed by atoms with Gasteiger partial charge in [0.15, 0.2) is 11.5 Å². The molecule has 3 N–H and O–H groups in total. The summed E-state index contributed by atoms with van der Waals surface area (Å²) in [5, 5.41) is 14.5. The average molecular weight is 394 g/mol. The summed E-state index contributed by atoms with van der Waals surface area (Å²) in [4.78, 5) is 31.0. The third kappa shape index (κ3) is 3.22. The van der Waals surface area contributed by atoms with E-state index in [9.17, 15) is 14.7 Å². The molecule has 0 unspecified atom stereocenters. The van der Waals surface area contributed by atoms with Crippen LogP contribution in [0.2, 0.25) is 0 Å². The van der Waals surface area contributed by atoms with Crippen molar-refractivity contribution in [3.8, 4) is 17.2 Å². The van der Waals surface area contributed by atoms with Crippen molar-refractivity contribution in [2.75, 3.05) is 13.7 Å². The number of aromatic amines is 2. The van der Waals surface area contributed by atoms with E-state index >= 15 is 0 Å². The minimum Gasteiger partial charge on any atom is -0.504 e. The van der Waals surface area contributed by atoms with Gasteiger partial charge in [0.2, 0.25) is 0 Å². The maximum absolute atomic E-state index is 12.8. The summed E-state index contributed by atoms with van der Waals surface area (Å²) in [5.74, 6) is 0.894. The zero-order chi connectivity index (χ0) is 20.5. The Morgan fingerprint density at radius 3 is 2.72 bits per heavy atom. The highest BCUT2D eigenvalue weighted by Gasteiger charge is 2.13. The van der Waals surface area contributed by atoms with Gasteiger partial charge in [-0.05, 0) is 48.9 Å². The number of aromatic nitrogens is 3. The molecule has 0 saturated heterocycles. The van der Waals surface area contributed by atoms with Crippen molar-refractivity contribution in [3.05, 3.63) is 62.8 Å². The fourth-order valence-corrected chi connectivity index (χ4v) is 3.06. The Kier molecular flexibility index (Phi) is 4.55. The van der Waals surface area contributed by atoms with Crippen LogP contribution in [0.5, 0.6) is 17.2 Å². The van der Waals surface area contributed by atoms with Gasteiger partial charge < -0.3 is 24.5 Å². The summed E-state index contributed by atoms with van der Waals surface area (Å²) in [5.41, 5.74) is 0.605. The molecule has 4 rings (SSSR count). The number of nitrogens with zero attached hydrogens (tertiary/aromatic N) is 2. The highest BCUT2D eigenvalue weighted by molar-refractivity contribution is 6.04. The smallest absolute Gasteiger partial charge is 0.350 e. The van der Waals surface area contributed by atoms with Crippen LogP contribution in [-0.4, -0.2) is 39.7 Å². The normalized spacial score (nSPS) is 11.5. The number of phenolic OH excluding ortho intramolecular Hbond substituents is 1. The lowest BCUT2D eigenvalue weighted by Crippen LogP contribution is -2.32. The summed E-state index contributed by atoms with van der Waals surface area (Å²) < 4.78 is 11.3. The van der Waals surface area contributed by atoms with Crippen LogP contribution < -0.4 is 20.7 Å². The number of rotatable bonds is 5. The Morgan fingerprint density at radius 1 is 1.14 bits per heavy atom. The molecule has 0 fully saturated rings. The first-order valence-corrected chi connectivity index (χ1v) is 8.86. The summed E-state index contributed by atoms with van der Waals surface area (Å²) in [6.07, 6.45) is 1.34. The Labute approximate surface area is 163 Å². The van der Waals surface area contributed by atoms with Crippen LogP contribution >= 0.6 is 0 Å². The highest BCUT2D eigenvalue weighted by Crippen LogP contribution is 2.26. The number of H-pyrrole nitrogens is 2. The number of ether oxygens (including phenoxy) is 2. The van der Waals surface area contributed by atoms with Crippen molar-refractivity contribution >= 4 is 28.2 Å². The van der Waals surface area contributed by atoms with Gasteiger partial charge in [-0.2, -0.15) is 5.10 Å². The number of aromatic hydroxyl groups is 1. The minimum atomic E-state index is -0.675. The van der Waals surface area contributed by atoms with Gasteiger partial charge in [0.25, 0.3) is 0 Å². The fourth-order valence-electron chi connectivity index (χ4n) is 3.06. The number of methoxy groups -OCH3 is 1. The molecule has 0 aliphatic heterocycles. The standard InChI is InChI=1S/C20H18N4O5/c1-3-29-16-8-11(4-7-15(16)25)10-21-24-19(26)18-17(23-20(24)27)13-9-12(28-2)5-6-14(13)22-18/h4-10,22,25H,3H2,1-2H3,(H,23,27)/b21-10-. The average Bonchev–Trinajstić information content (AvgIpc) is 3.08. The van der Waals surface area contributed by atoms with E-state index in [0.717, 1.165) is 4.68 Å². The lowest BCUT2D eigenvalue weighted by atomic mass is 10.2. The Balaban J connectivity index is 1.81. The molecule has 0 saturated carbocycles. The van der Waals surface area contributed by atoms with E-state index in [2.05, 4.69) is 15.1 Å². The minimum absolute atomic E-state index is 0.00561. The van der Waals surface area contributed by atoms with Crippen LogP contribution in [0.3, 0.4) is 0 Å². The molecule has 148 valence electrons. The van der Waals surface area contributed by atoms with E-state index in [1.54, 1.807) is 44.4 Å². The molecule has 4 aromatic rings. The molecule has 0 bridgehead atoms. The number of hydrogen-bond donors (Lipinski definition) is 3. The predicted octanol–water partition coefficient (Wildman–Crippen LogP) is 2.17. The van der Waals surface area contributed by atoms with Gasteiger partial charge >= 0.3 is 11.2 Å². The van der Waals surface area contributed by atoms with E-state index in [1.165, 1.54) is 12.3 Å². The zero-order valence-corrected chi connectivity index (χ0v) is 15.7. The second kappa shape index (κ2) is 7.19. The third-order valence-corrected chi connectivity index (χ3v) is 4.44. The molecule has 29 heavy (non-hydrogen) atoms. The largest absolute Gasteiger partial charge is 0.504 e. The molecule has 9 heteroatoms.